The number of carbonyl (C=O) groups excluding carboxylic acids is 2. The molecule has 0 fully saturated rings. The van der Waals surface area contributed by atoms with E-state index >= 15 is 0 Å². The van der Waals surface area contributed by atoms with Crippen LogP contribution in [0.4, 0.5) is 0 Å². The van der Waals surface area contributed by atoms with Gasteiger partial charge in [0.2, 0.25) is 0 Å². The van der Waals surface area contributed by atoms with E-state index in [1.807, 2.05) is 49.4 Å². The molecule has 1 amide bonds. The number of benzene rings is 2. The van der Waals surface area contributed by atoms with Crippen molar-refractivity contribution in [2.45, 2.75) is 32.9 Å². The molecule has 0 unspecified atom stereocenters. The van der Waals surface area contributed by atoms with E-state index in [1.165, 1.54) is 16.9 Å². The topological polar surface area (TPSA) is 46.6 Å². The number of fused-ring (bicyclic) bond motifs is 2. The standard InChI is InChI=1S/C22H21NO3S/c1-14-18-9-5-6-10-19(18)27-20(14)22(25)26-15(2)21(24)23-12-11-16-7-3-4-8-17(16)13-23/h3-10,15H,11-13H2,1-2H3/t15-/m0/s1. The van der Waals surface area contributed by atoms with Crippen molar-refractivity contribution in [3.63, 3.8) is 0 Å². The minimum absolute atomic E-state index is 0.142. The summed E-state index contributed by atoms with van der Waals surface area (Å²) < 4.78 is 6.58. The van der Waals surface area contributed by atoms with E-state index in [4.69, 9.17) is 4.74 Å². The fourth-order valence-corrected chi connectivity index (χ4v) is 4.67. The molecule has 4 rings (SSSR count). The number of carbonyl (C=O) groups is 2. The Hall–Kier alpha value is -2.66. The number of hydrogen-bond donors (Lipinski definition) is 0. The first-order chi connectivity index (χ1) is 13.0. The Morgan fingerprint density at radius 1 is 1.07 bits per heavy atom. The average molecular weight is 379 g/mol. The quantitative estimate of drug-likeness (QED) is 0.636. The highest BCUT2D eigenvalue weighted by molar-refractivity contribution is 7.21. The summed E-state index contributed by atoms with van der Waals surface area (Å²) in [6, 6.07) is 16.1. The predicted molar refractivity (Wildman–Crippen MR) is 107 cm³/mol. The van der Waals surface area contributed by atoms with Gasteiger partial charge in [-0.15, -0.1) is 11.3 Å². The van der Waals surface area contributed by atoms with Gasteiger partial charge in [0.25, 0.3) is 5.91 Å². The Labute approximate surface area is 162 Å². The van der Waals surface area contributed by atoms with Gasteiger partial charge in [0.1, 0.15) is 4.88 Å². The average Bonchev–Trinajstić information content (AvgIpc) is 3.04. The molecule has 2 heterocycles. The molecule has 0 saturated carbocycles. The van der Waals surface area contributed by atoms with Gasteiger partial charge in [0.05, 0.1) is 0 Å². The Morgan fingerprint density at radius 3 is 2.56 bits per heavy atom. The highest BCUT2D eigenvalue weighted by Gasteiger charge is 2.28. The molecular weight excluding hydrogens is 358 g/mol. The first kappa shape index (κ1) is 17.7. The Balaban J connectivity index is 1.47. The van der Waals surface area contributed by atoms with E-state index < -0.39 is 12.1 Å². The second-order valence-corrected chi connectivity index (χ2v) is 7.93. The molecule has 3 aromatic rings. The van der Waals surface area contributed by atoms with Gasteiger partial charge in [-0.05, 0) is 48.4 Å². The molecular formula is C22H21NO3S. The molecule has 5 heteroatoms. The summed E-state index contributed by atoms with van der Waals surface area (Å²) in [6.45, 7) is 4.80. The first-order valence-corrected chi connectivity index (χ1v) is 9.91. The lowest BCUT2D eigenvalue weighted by Gasteiger charge is -2.30. The number of ether oxygens (including phenoxy) is 1. The van der Waals surface area contributed by atoms with Crippen LogP contribution in [0.25, 0.3) is 10.1 Å². The number of rotatable bonds is 3. The van der Waals surface area contributed by atoms with E-state index in [0.717, 1.165) is 27.6 Å². The third-order valence-corrected chi connectivity index (χ3v) is 6.36. The van der Waals surface area contributed by atoms with Crippen molar-refractivity contribution < 1.29 is 14.3 Å². The van der Waals surface area contributed by atoms with Crippen LogP contribution in [0, 0.1) is 6.92 Å². The minimum Gasteiger partial charge on any atom is -0.448 e. The molecule has 27 heavy (non-hydrogen) atoms. The lowest BCUT2D eigenvalue weighted by atomic mass is 9.99. The lowest BCUT2D eigenvalue weighted by molar-refractivity contribution is -0.140. The van der Waals surface area contributed by atoms with Crippen LogP contribution >= 0.6 is 11.3 Å². The van der Waals surface area contributed by atoms with Crippen molar-refractivity contribution in [2.24, 2.45) is 0 Å². The molecule has 1 aliphatic rings. The highest BCUT2D eigenvalue weighted by Crippen LogP contribution is 2.31. The summed E-state index contributed by atoms with van der Waals surface area (Å²) in [7, 11) is 0. The van der Waals surface area contributed by atoms with Crippen LogP contribution in [0.5, 0.6) is 0 Å². The molecule has 0 aliphatic carbocycles. The third kappa shape index (κ3) is 3.35. The van der Waals surface area contributed by atoms with Crippen LogP contribution in [0.3, 0.4) is 0 Å². The number of hydrogen-bond acceptors (Lipinski definition) is 4. The van der Waals surface area contributed by atoms with Crippen molar-refractivity contribution in [3.05, 3.63) is 70.1 Å². The largest absolute Gasteiger partial charge is 0.448 e. The molecule has 0 bridgehead atoms. The van der Waals surface area contributed by atoms with Gasteiger partial charge in [-0.2, -0.15) is 0 Å². The van der Waals surface area contributed by atoms with Crippen molar-refractivity contribution in [3.8, 4) is 0 Å². The Kier molecular flexibility index (Phi) is 4.70. The van der Waals surface area contributed by atoms with Crippen molar-refractivity contribution >= 4 is 33.3 Å². The SMILES string of the molecule is Cc1c(C(=O)O[C@@H](C)C(=O)N2CCc3ccccc3C2)sc2ccccc12. The molecule has 1 atom stereocenters. The molecule has 4 nitrogen and oxygen atoms in total. The van der Waals surface area contributed by atoms with Crippen LogP contribution in [0.15, 0.2) is 48.5 Å². The maximum absolute atomic E-state index is 12.8. The zero-order chi connectivity index (χ0) is 19.0. The van der Waals surface area contributed by atoms with Crippen LogP contribution in [-0.2, 0) is 22.5 Å². The molecule has 0 radical (unpaired) electrons. The van der Waals surface area contributed by atoms with Crippen LogP contribution in [-0.4, -0.2) is 29.4 Å². The monoisotopic (exact) mass is 379 g/mol. The number of esters is 1. The third-order valence-electron chi connectivity index (χ3n) is 5.10. The molecule has 138 valence electrons. The number of aryl methyl sites for hydroxylation is 1. The van der Waals surface area contributed by atoms with Crippen molar-refractivity contribution in [2.75, 3.05) is 6.54 Å². The van der Waals surface area contributed by atoms with Gasteiger partial charge in [-0.25, -0.2) is 4.79 Å². The smallest absolute Gasteiger partial charge is 0.349 e. The summed E-state index contributed by atoms with van der Waals surface area (Å²) in [4.78, 5) is 27.8. The Bertz CT molecular complexity index is 1020. The lowest BCUT2D eigenvalue weighted by Crippen LogP contribution is -2.42. The first-order valence-electron chi connectivity index (χ1n) is 9.09. The van der Waals surface area contributed by atoms with Gasteiger partial charge in [-0.3, -0.25) is 4.79 Å². The zero-order valence-electron chi connectivity index (χ0n) is 15.4. The van der Waals surface area contributed by atoms with Gasteiger partial charge >= 0.3 is 5.97 Å². The van der Waals surface area contributed by atoms with Crippen molar-refractivity contribution in [1.29, 1.82) is 0 Å². The van der Waals surface area contributed by atoms with E-state index in [2.05, 4.69) is 6.07 Å². The second kappa shape index (κ2) is 7.16. The summed E-state index contributed by atoms with van der Waals surface area (Å²) in [5, 5.41) is 1.06. The summed E-state index contributed by atoms with van der Waals surface area (Å²) in [5.41, 5.74) is 3.36. The predicted octanol–water partition coefficient (Wildman–Crippen LogP) is 4.34. The van der Waals surface area contributed by atoms with E-state index in [-0.39, 0.29) is 5.91 Å². The second-order valence-electron chi connectivity index (χ2n) is 6.88. The van der Waals surface area contributed by atoms with Gasteiger partial charge in [0.15, 0.2) is 6.10 Å². The van der Waals surface area contributed by atoms with Gasteiger partial charge in [0, 0.05) is 17.8 Å². The maximum Gasteiger partial charge on any atom is 0.349 e. The van der Waals surface area contributed by atoms with Gasteiger partial charge in [-0.1, -0.05) is 42.5 Å². The molecule has 2 aromatic carbocycles. The van der Waals surface area contributed by atoms with E-state index in [0.29, 0.717) is 18.0 Å². The highest BCUT2D eigenvalue weighted by atomic mass is 32.1. The molecule has 0 saturated heterocycles. The van der Waals surface area contributed by atoms with Crippen LogP contribution in [0.1, 0.15) is 33.3 Å². The molecule has 1 aliphatic heterocycles. The molecule has 0 N–H and O–H groups in total. The zero-order valence-corrected chi connectivity index (χ0v) is 16.2. The van der Waals surface area contributed by atoms with E-state index in [1.54, 1.807) is 11.8 Å². The van der Waals surface area contributed by atoms with Crippen LogP contribution in [0.2, 0.25) is 0 Å². The normalized spacial score (nSPS) is 14.7. The van der Waals surface area contributed by atoms with Crippen molar-refractivity contribution in [1.82, 2.24) is 4.90 Å². The number of nitrogens with zero attached hydrogens (tertiary/aromatic N) is 1. The van der Waals surface area contributed by atoms with Gasteiger partial charge < -0.3 is 9.64 Å². The number of thiophene rings is 1. The number of amides is 1. The summed E-state index contributed by atoms with van der Waals surface area (Å²) in [5.74, 6) is -0.566. The molecule has 1 aromatic heterocycles. The summed E-state index contributed by atoms with van der Waals surface area (Å²) >= 11 is 1.41. The Morgan fingerprint density at radius 2 is 1.78 bits per heavy atom. The minimum atomic E-state index is -0.799. The summed E-state index contributed by atoms with van der Waals surface area (Å²) in [6.07, 6.45) is 0.0326. The van der Waals surface area contributed by atoms with E-state index in [9.17, 15) is 9.59 Å². The fourth-order valence-electron chi connectivity index (χ4n) is 3.57. The fraction of sp³-hybridized carbons (Fsp3) is 0.273. The maximum atomic E-state index is 12.8. The molecule has 0 spiro atoms. The van der Waals surface area contributed by atoms with Crippen LogP contribution < -0.4 is 0 Å².